The van der Waals surface area contributed by atoms with Crippen LogP contribution in [0.4, 0.5) is 0 Å². The highest BCUT2D eigenvalue weighted by Gasteiger charge is 2.71. The van der Waals surface area contributed by atoms with Gasteiger partial charge in [0.15, 0.2) is 0 Å². The molecule has 0 saturated heterocycles. The molecule has 0 bridgehead atoms. The van der Waals surface area contributed by atoms with E-state index >= 15 is 0 Å². The molecule has 6 heteroatoms. The van der Waals surface area contributed by atoms with Gasteiger partial charge in [0.2, 0.25) is 4.38 Å². The lowest BCUT2D eigenvalue weighted by Gasteiger charge is -2.70. The number of thiocarbonyl (C=S) groups is 1. The summed E-state index contributed by atoms with van der Waals surface area (Å²) in [4.78, 5) is 26.3. The Hall–Kier alpha value is -0.880. The van der Waals surface area contributed by atoms with Crippen LogP contribution in [-0.2, 0) is 14.3 Å². The molecule has 5 aliphatic carbocycles. The number of aliphatic carboxylic acids is 1. The largest absolute Gasteiger partial charge is 0.481 e. The molecule has 0 aromatic carbocycles. The number of carboxylic acid groups (broad SMARTS) is 1. The number of hydrogen-bond acceptors (Lipinski definition) is 5. The summed E-state index contributed by atoms with van der Waals surface area (Å²) in [6, 6.07) is 0. The minimum Gasteiger partial charge on any atom is -0.481 e. The lowest BCUT2D eigenvalue weighted by Crippen LogP contribution is -2.66. The van der Waals surface area contributed by atoms with Crippen molar-refractivity contribution in [1.29, 1.82) is 0 Å². The van der Waals surface area contributed by atoms with Crippen LogP contribution in [0.3, 0.4) is 0 Å². The van der Waals surface area contributed by atoms with E-state index in [0.717, 1.165) is 38.5 Å². The number of carbonyl (C=O) groups is 2. The Kier molecular flexibility index (Phi) is 6.64. The molecule has 4 nitrogen and oxygen atoms in total. The van der Waals surface area contributed by atoms with E-state index in [1.165, 1.54) is 17.3 Å². The lowest BCUT2D eigenvalue weighted by atomic mass is 9.33. The molecule has 3 unspecified atom stereocenters. The van der Waals surface area contributed by atoms with Gasteiger partial charge in [0.05, 0.1) is 0 Å². The highest BCUT2D eigenvalue weighted by molar-refractivity contribution is 8.22. The summed E-state index contributed by atoms with van der Waals surface area (Å²) in [5.41, 5.74) is 0.291. The Balaban J connectivity index is 1.61. The fourth-order valence-electron chi connectivity index (χ4n) is 10.9. The van der Waals surface area contributed by atoms with Gasteiger partial charge in [-0.1, -0.05) is 71.9 Å². The predicted octanol–water partition coefficient (Wildman–Crippen LogP) is 8.08. The molecular formula is C32H48O4S2. The van der Waals surface area contributed by atoms with Gasteiger partial charge in [-0.2, -0.15) is 0 Å². The predicted molar refractivity (Wildman–Crippen MR) is 158 cm³/mol. The second-order valence-electron chi connectivity index (χ2n) is 15.5. The second-order valence-corrected chi connectivity index (χ2v) is 16.9. The Morgan fingerprint density at radius 1 is 1.03 bits per heavy atom. The zero-order chi connectivity index (χ0) is 28.1. The fraction of sp³-hybridized carbons (Fsp3) is 0.844. The molecular weight excluding hydrogens is 512 g/mol. The molecule has 0 aromatic heterocycles. The Labute approximate surface area is 239 Å². The number of ketones is 1. The van der Waals surface area contributed by atoms with E-state index in [1.54, 1.807) is 0 Å². The first-order valence-electron chi connectivity index (χ1n) is 14.7. The van der Waals surface area contributed by atoms with Crippen LogP contribution in [0, 0.1) is 50.2 Å². The monoisotopic (exact) mass is 560 g/mol. The number of carbonyl (C=O) groups excluding carboxylic acids is 1. The van der Waals surface area contributed by atoms with Gasteiger partial charge >= 0.3 is 5.97 Å². The summed E-state index contributed by atoms with van der Waals surface area (Å²) >= 11 is 6.87. The molecule has 8 atom stereocenters. The van der Waals surface area contributed by atoms with E-state index in [9.17, 15) is 14.7 Å². The van der Waals surface area contributed by atoms with Gasteiger partial charge in [0.25, 0.3) is 0 Å². The summed E-state index contributed by atoms with van der Waals surface area (Å²) in [5.74, 6) is 0.577. The molecule has 0 aliphatic heterocycles. The van der Waals surface area contributed by atoms with Gasteiger partial charge in [-0.15, -0.1) is 0 Å². The minimum atomic E-state index is -0.940. The maximum Gasteiger partial charge on any atom is 0.314 e. The molecule has 0 amide bonds. The maximum atomic E-state index is 13.3. The molecule has 5 aliphatic rings. The number of carboxylic acids is 1. The van der Waals surface area contributed by atoms with Gasteiger partial charge in [-0.3, -0.25) is 9.59 Å². The van der Waals surface area contributed by atoms with Crippen LogP contribution in [0.5, 0.6) is 0 Å². The van der Waals surface area contributed by atoms with Gasteiger partial charge in [-0.25, -0.2) is 0 Å². The van der Waals surface area contributed by atoms with Crippen molar-refractivity contribution in [2.45, 2.75) is 112 Å². The van der Waals surface area contributed by atoms with Crippen molar-refractivity contribution in [3.8, 4) is 0 Å². The molecule has 0 radical (unpaired) electrons. The zero-order valence-electron chi connectivity index (χ0n) is 24.7. The molecule has 4 saturated carbocycles. The Morgan fingerprint density at radius 3 is 2.34 bits per heavy atom. The summed E-state index contributed by atoms with van der Waals surface area (Å²) < 4.78 is 6.78. The van der Waals surface area contributed by atoms with Crippen molar-refractivity contribution in [1.82, 2.24) is 0 Å². The van der Waals surface area contributed by atoms with Crippen LogP contribution in [0.15, 0.2) is 11.6 Å². The van der Waals surface area contributed by atoms with Gasteiger partial charge in [0.1, 0.15) is 17.3 Å². The Morgan fingerprint density at radius 2 is 1.71 bits per heavy atom. The molecule has 0 aromatic rings. The molecule has 5 rings (SSSR count). The summed E-state index contributed by atoms with van der Waals surface area (Å²) in [6.45, 7) is 16.4. The van der Waals surface area contributed by atoms with Crippen molar-refractivity contribution in [3.05, 3.63) is 11.6 Å². The number of Topliss-reactive ketones (excluding diaryl/α,β-unsaturated/α-hetero) is 1. The topological polar surface area (TPSA) is 63.6 Å². The highest BCUT2D eigenvalue weighted by atomic mass is 32.2. The first-order valence-corrected chi connectivity index (χ1v) is 16.3. The fourth-order valence-corrected chi connectivity index (χ4v) is 11.2. The van der Waals surface area contributed by atoms with E-state index in [4.69, 9.17) is 17.0 Å². The third-order valence-corrected chi connectivity index (χ3v) is 14.2. The van der Waals surface area contributed by atoms with Crippen molar-refractivity contribution in [3.63, 3.8) is 0 Å². The van der Waals surface area contributed by atoms with E-state index in [2.05, 4.69) is 54.5 Å². The second kappa shape index (κ2) is 8.81. The quantitative estimate of drug-likeness (QED) is 0.272. The lowest BCUT2D eigenvalue weighted by molar-refractivity contribution is -0.198. The SMILES string of the molecule is CSC(=S)O[C@@H]1CC(C)(C)CC2C3=CCC4[C@@]5(C)CCC(=O)C(C)(C)C5CC[C@@]4(C)[C@]3(C)CC[C@]21C(=O)O. The average Bonchev–Trinajstić information content (AvgIpc) is 2.81. The van der Waals surface area contributed by atoms with Crippen molar-refractivity contribution in [2.24, 2.45) is 50.2 Å². The zero-order valence-corrected chi connectivity index (χ0v) is 26.4. The van der Waals surface area contributed by atoms with Crippen LogP contribution in [0.25, 0.3) is 0 Å². The van der Waals surface area contributed by atoms with E-state index < -0.39 is 17.5 Å². The minimum absolute atomic E-state index is 0.0312. The van der Waals surface area contributed by atoms with Crippen LogP contribution in [0.2, 0.25) is 0 Å². The van der Waals surface area contributed by atoms with Crippen LogP contribution < -0.4 is 0 Å². The van der Waals surface area contributed by atoms with E-state index in [1.807, 2.05) is 6.26 Å². The highest BCUT2D eigenvalue weighted by Crippen LogP contribution is 2.75. The maximum absolute atomic E-state index is 13.3. The van der Waals surface area contributed by atoms with Gasteiger partial charge in [0, 0.05) is 17.8 Å². The molecule has 212 valence electrons. The number of allylic oxidation sites excluding steroid dienone is 2. The molecule has 4 fully saturated rings. The van der Waals surface area contributed by atoms with Crippen LogP contribution >= 0.6 is 24.0 Å². The van der Waals surface area contributed by atoms with Crippen LogP contribution in [0.1, 0.15) is 106 Å². The smallest absolute Gasteiger partial charge is 0.314 e. The third-order valence-electron chi connectivity index (χ3n) is 13.2. The number of thioether (sulfide) groups is 1. The first kappa shape index (κ1) is 28.6. The number of ether oxygens (including phenoxy) is 1. The first-order chi connectivity index (χ1) is 17.5. The standard InChI is InChI=1S/C32H48O4S2/c1-27(2)17-20-19-9-10-22-29(5)13-12-23(33)28(3,4)21(29)11-14-31(22,7)30(19,6)15-16-32(20,25(34)35)24(18-27)36-26(37)38-8/h9,20-22,24H,10-18H2,1-8H3,(H,34,35)/t20?,21?,22?,24-,29+,30-,31-,32+/m1/s1. The molecule has 38 heavy (non-hydrogen) atoms. The van der Waals surface area contributed by atoms with E-state index in [-0.39, 0.29) is 33.0 Å². The van der Waals surface area contributed by atoms with Crippen molar-refractivity contribution < 1.29 is 19.4 Å². The van der Waals surface area contributed by atoms with Crippen molar-refractivity contribution >= 4 is 40.1 Å². The molecule has 0 heterocycles. The summed E-state index contributed by atoms with van der Waals surface area (Å²) in [6.07, 6.45) is 11.9. The van der Waals surface area contributed by atoms with Crippen molar-refractivity contribution in [2.75, 3.05) is 6.26 Å². The Bertz CT molecular complexity index is 1090. The number of hydrogen-bond donors (Lipinski definition) is 1. The van der Waals surface area contributed by atoms with Crippen LogP contribution in [-0.4, -0.2) is 33.6 Å². The molecule has 0 spiro atoms. The number of fused-ring (bicyclic) bond motifs is 7. The summed E-state index contributed by atoms with van der Waals surface area (Å²) in [7, 11) is 0. The average molecular weight is 561 g/mol. The van der Waals surface area contributed by atoms with Gasteiger partial charge < -0.3 is 9.84 Å². The third kappa shape index (κ3) is 3.63. The van der Waals surface area contributed by atoms with E-state index in [0.29, 0.717) is 41.3 Å². The normalized spacial score (nSPS) is 46.9. The summed E-state index contributed by atoms with van der Waals surface area (Å²) in [5, 5.41) is 10.9. The van der Waals surface area contributed by atoms with Gasteiger partial charge in [-0.05, 0) is 103 Å². The molecule has 1 N–H and O–H groups in total. The number of rotatable bonds is 2.